The van der Waals surface area contributed by atoms with Gasteiger partial charge in [-0.3, -0.25) is 9.59 Å². The number of piperidine rings is 1. The summed E-state index contributed by atoms with van der Waals surface area (Å²) in [6, 6.07) is 1.39. The first-order valence-electron chi connectivity index (χ1n) is 8.48. The number of hydrogen-bond donors (Lipinski definition) is 3. The van der Waals surface area contributed by atoms with Crippen molar-refractivity contribution < 1.29 is 9.59 Å². The van der Waals surface area contributed by atoms with Gasteiger partial charge in [-0.05, 0) is 37.7 Å². The molecule has 136 valence electrons. The van der Waals surface area contributed by atoms with E-state index >= 15 is 0 Å². The van der Waals surface area contributed by atoms with Gasteiger partial charge in [0.2, 0.25) is 0 Å². The molecule has 1 atom stereocenters. The second-order valence-electron chi connectivity index (χ2n) is 7.17. The van der Waals surface area contributed by atoms with Crippen molar-refractivity contribution in [2.24, 2.45) is 5.41 Å². The van der Waals surface area contributed by atoms with Gasteiger partial charge in [-0.25, -0.2) is 4.79 Å². The van der Waals surface area contributed by atoms with Crippen molar-refractivity contribution in [2.75, 3.05) is 13.1 Å². The third-order valence-corrected chi connectivity index (χ3v) is 4.97. The summed E-state index contributed by atoms with van der Waals surface area (Å²) in [5.41, 5.74) is 0.437. The molecule has 26 heavy (non-hydrogen) atoms. The highest BCUT2D eigenvalue weighted by Gasteiger charge is 2.50. The Labute approximate surface area is 148 Å². The summed E-state index contributed by atoms with van der Waals surface area (Å²) in [4.78, 5) is 44.7. The zero-order valence-corrected chi connectivity index (χ0v) is 14.3. The van der Waals surface area contributed by atoms with Crippen molar-refractivity contribution in [1.82, 2.24) is 35.6 Å². The summed E-state index contributed by atoms with van der Waals surface area (Å²) >= 11 is 0. The molecule has 3 heterocycles. The van der Waals surface area contributed by atoms with Crippen molar-refractivity contribution in [1.29, 1.82) is 0 Å². The molecule has 2 fully saturated rings. The largest absolute Gasteiger partial charge is 0.346 e. The fourth-order valence-corrected chi connectivity index (χ4v) is 3.60. The summed E-state index contributed by atoms with van der Waals surface area (Å²) < 4.78 is 0. The first kappa shape index (κ1) is 16.4. The number of likely N-dealkylation sites (tertiary alicyclic amines) is 1. The quantitative estimate of drug-likeness (QED) is 0.685. The Morgan fingerprint density at radius 2 is 2.15 bits per heavy atom. The van der Waals surface area contributed by atoms with E-state index in [0.717, 1.165) is 19.3 Å². The fourth-order valence-electron chi connectivity index (χ4n) is 3.60. The Bertz CT molecular complexity index is 901. The van der Waals surface area contributed by atoms with Crippen molar-refractivity contribution >= 4 is 11.8 Å². The number of nitrogens with one attached hydrogen (secondary N) is 3. The van der Waals surface area contributed by atoms with E-state index in [1.54, 1.807) is 17.9 Å². The highest BCUT2D eigenvalue weighted by molar-refractivity contribution is 5.93. The Hall–Kier alpha value is -3.04. The molecule has 1 spiro atoms. The molecule has 2 aliphatic rings. The van der Waals surface area contributed by atoms with Gasteiger partial charge in [-0.1, -0.05) is 0 Å². The minimum Gasteiger partial charge on any atom is -0.346 e. The molecule has 0 bridgehead atoms. The summed E-state index contributed by atoms with van der Waals surface area (Å²) in [6.07, 6.45) is 4.23. The molecule has 3 N–H and O–H groups in total. The number of aromatic amines is 2. The zero-order valence-electron chi connectivity index (χ0n) is 14.3. The van der Waals surface area contributed by atoms with Gasteiger partial charge in [0.25, 0.3) is 11.8 Å². The lowest BCUT2D eigenvalue weighted by Gasteiger charge is -2.38. The predicted octanol–water partition coefficient (Wildman–Crippen LogP) is -0.379. The number of H-pyrrole nitrogens is 2. The van der Waals surface area contributed by atoms with E-state index in [-0.39, 0.29) is 34.7 Å². The summed E-state index contributed by atoms with van der Waals surface area (Å²) in [7, 11) is 0. The van der Waals surface area contributed by atoms with E-state index in [0.29, 0.717) is 18.8 Å². The average Bonchev–Trinajstić information content (AvgIpc) is 3.11. The number of rotatable bonds is 3. The molecule has 1 aliphatic heterocycles. The molecule has 2 aromatic heterocycles. The summed E-state index contributed by atoms with van der Waals surface area (Å²) in [5.74, 6) is -0.607. The monoisotopic (exact) mass is 357 g/mol. The highest BCUT2D eigenvalue weighted by atomic mass is 16.2. The Morgan fingerprint density at radius 1 is 1.35 bits per heavy atom. The van der Waals surface area contributed by atoms with Crippen LogP contribution in [0.5, 0.6) is 0 Å². The number of amides is 2. The lowest BCUT2D eigenvalue weighted by molar-refractivity contribution is 0.0577. The van der Waals surface area contributed by atoms with Crippen molar-refractivity contribution in [2.45, 2.75) is 32.2 Å². The molecule has 10 nitrogen and oxygen atoms in total. The normalized spacial score (nSPS) is 20.8. The number of hydrogen-bond acceptors (Lipinski definition) is 6. The predicted molar refractivity (Wildman–Crippen MR) is 89.4 cm³/mol. The SMILES string of the molecule is Cc1cc(C(=O)N2CC(NC(=O)c3cn[nH]n3)CC3(CC3)C2)nc(=O)[nH]1. The maximum atomic E-state index is 12.9. The van der Waals surface area contributed by atoms with Crippen LogP contribution in [0.1, 0.15) is 45.9 Å². The Kier molecular flexibility index (Phi) is 3.82. The number of carbonyl (C=O) groups is 2. The van der Waals surface area contributed by atoms with Crippen LogP contribution in [0.2, 0.25) is 0 Å². The van der Waals surface area contributed by atoms with Crippen LogP contribution in [0.15, 0.2) is 17.1 Å². The number of aryl methyl sites for hydroxylation is 1. The highest BCUT2D eigenvalue weighted by Crippen LogP contribution is 2.52. The van der Waals surface area contributed by atoms with Gasteiger partial charge in [0.1, 0.15) is 5.69 Å². The maximum absolute atomic E-state index is 12.9. The van der Waals surface area contributed by atoms with Gasteiger partial charge in [-0.2, -0.15) is 20.4 Å². The third kappa shape index (κ3) is 3.22. The van der Waals surface area contributed by atoms with Crippen LogP contribution < -0.4 is 11.0 Å². The van der Waals surface area contributed by atoms with Crippen LogP contribution in [0.25, 0.3) is 0 Å². The van der Waals surface area contributed by atoms with E-state index in [2.05, 4.69) is 30.7 Å². The molecule has 2 amide bonds. The number of aromatic nitrogens is 5. The minimum atomic E-state index is -0.539. The van der Waals surface area contributed by atoms with Crippen LogP contribution in [-0.2, 0) is 0 Å². The van der Waals surface area contributed by atoms with Crippen molar-refractivity contribution in [3.63, 3.8) is 0 Å². The molecular weight excluding hydrogens is 338 g/mol. The molecule has 2 aromatic rings. The second-order valence-corrected chi connectivity index (χ2v) is 7.17. The van der Waals surface area contributed by atoms with Gasteiger partial charge in [0.05, 0.1) is 6.20 Å². The van der Waals surface area contributed by atoms with E-state index in [1.807, 2.05) is 0 Å². The van der Waals surface area contributed by atoms with Gasteiger partial charge >= 0.3 is 5.69 Å². The Morgan fingerprint density at radius 3 is 2.81 bits per heavy atom. The lowest BCUT2D eigenvalue weighted by Crippen LogP contribution is -2.53. The topological polar surface area (TPSA) is 137 Å². The summed E-state index contributed by atoms with van der Waals surface area (Å²) in [5, 5.41) is 12.8. The summed E-state index contributed by atoms with van der Waals surface area (Å²) in [6.45, 7) is 2.70. The third-order valence-electron chi connectivity index (χ3n) is 4.97. The Balaban J connectivity index is 1.52. The molecule has 1 unspecified atom stereocenters. The second kappa shape index (κ2) is 6.04. The standard InChI is InChI=1S/C16H19N7O3/c1-9-4-11(20-15(26)18-9)14(25)23-7-10(5-16(8-23)2-3-16)19-13(24)12-6-17-22-21-12/h4,6,10H,2-3,5,7-8H2,1H3,(H,19,24)(H,17,21,22)(H,18,20,26). The lowest BCUT2D eigenvalue weighted by atomic mass is 9.91. The van der Waals surface area contributed by atoms with Crippen LogP contribution in [-0.4, -0.2) is 61.2 Å². The number of nitrogens with zero attached hydrogens (tertiary/aromatic N) is 4. The first-order chi connectivity index (χ1) is 12.4. The van der Waals surface area contributed by atoms with Crippen molar-refractivity contribution in [3.05, 3.63) is 39.8 Å². The molecule has 1 saturated carbocycles. The molecule has 1 saturated heterocycles. The average molecular weight is 357 g/mol. The molecule has 10 heteroatoms. The van der Waals surface area contributed by atoms with Crippen LogP contribution in [0, 0.1) is 12.3 Å². The van der Waals surface area contributed by atoms with E-state index in [1.165, 1.54) is 6.20 Å². The smallest absolute Gasteiger partial charge is 0.345 e. The minimum absolute atomic E-state index is 0.0475. The van der Waals surface area contributed by atoms with E-state index in [9.17, 15) is 14.4 Å². The van der Waals surface area contributed by atoms with Crippen LogP contribution >= 0.6 is 0 Å². The molecule has 4 rings (SSSR count). The molecule has 1 aliphatic carbocycles. The van der Waals surface area contributed by atoms with Gasteiger partial charge in [0.15, 0.2) is 5.69 Å². The fraction of sp³-hybridized carbons (Fsp3) is 0.500. The van der Waals surface area contributed by atoms with Crippen molar-refractivity contribution in [3.8, 4) is 0 Å². The maximum Gasteiger partial charge on any atom is 0.345 e. The van der Waals surface area contributed by atoms with E-state index < -0.39 is 5.69 Å². The molecule has 0 aromatic carbocycles. The van der Waals surface area contributed by atoms with Crippen LogP contribution in [0.4, 0.5) is 0 Å². The van der Waals surface area contributed by atoms with Gasteiger partial charge in [0, 0.05) is 24.8 Å². The van der Waals surface area contributed by atoms with Gasteiger partial charge in [-0.15, -0.1) is 0 Å². The van der Waals surface area contributed by atoms with Crippen LogP contribution in [0.3, 0.4) is 0 Å². The van der Waals surface area contributed by atoms with E-state index in [4.69, 9.17) is 0 Å². The molecule has 0 radical (unpaired) electrons. The number of carbonyl (C=O) groups excluding carboxylic acids is 2. The zero-order chi connectivity index (χ0) is 18.3. The first-order valence-corrected chi connectivity index (χ1v) is 8.48. The molecular formula is C16H19N7O3. The van der Waals surface area contributed by atoms with Gasteiger partial charge < -0.3 is 15.2 Å².